The van der Waals surface area contributed by atoms with Crippen LogP contribution in [0.25, 0.3) is 0 Å². The van der Waals surface area contributed by atoms with Crippen molar-refractivity contribution in [2.75, 3.05) is 56.5 Å². The number of piperazine rings is 1. The monoisotopic (exact) mass is 523 g/mol. The number of nitrogens with zero attached hydrogens (tertiary/aromatic N) is 4. The maximum Gasteiger partial charge on any atom is 0.407 e. The molecule has 4 N–H and O–H groups in total. The van der Waals surface area contributed by atoms with Crippen LogP contribution in [0.1, 0.15) is 47.9 Å². The molecule has 1 aromatic heterocycles. The second-order valence-corrected chi connectivity index (χ2v) is 10.8. The first-order valence-corrected chi connectivity index (χ1v) is 12.9. The molecule has 0 saturated carbocycles. The van der Waals surface area contributed by atoms with Crippen molar-refractivity contribution in [1.29, 1.82) is 0 Å². The van der Waals surface area contributed by atoms with Crippen LogP contribution in [0.2, 0.25) is 0 Å². The van der Waals surface area contributed by atoms with Gasteiger partial charge >= 0.3 is 6.09 Å². The maximum absolute atomic E-state index is 12.8. The van der Waals surface area contributed by atoms with Crippen LogP contribution in [0, 0.1) is 0 Å². The molecule has 1 atom stereocenters. The predicted molar refractivity (Wildman–Crippen MR) is 146 cm³/mol. The Hall–Kier alpha value is -3.86. The van der Waals surface area contributed by atoms with Gasteiger partial charge in [-0.3, -0.25) is 9.59 Å². The molecule has 2 fully saturated rings. The number of carbonyl (C=O) groups excluding carboxylic acids is 3. The summed E-state index contributed by atoms with van der Waals surface area (Å²) in [5.74, 6) is 0.398. The zero-order valence-corrected chi connectivity index (χ0v) is 22.5. The number of primary amides is 1. The summed E-state index contributed by atoms with van der Waals surface area (Å²) in [6.45, 7) is 9.85. The highest BCUT2D eigenvalue weighted by Gasteiger charge is 2.28. The van der Waals surface area contributed by atoms with Crippen LogP contribution in [-0.4, -0.2) is 90.7 Å². The minimum Gasteiger partial charge on any atom is -0.444 e. The number of ether oxygens (including phenoxy) is 1. The summed E-state index contributed by atoms with van der Waals surface area (Å²) < 4.78 is 5.36. The van der Waals surface area contributed by atoms with Crippen molar-refractivity contribution >= 4 is 35.2 Å². The number of carbonyl (C=O) groups is 3. The van der Waals surface area contributed by atoms with Crippen LogP contribution < -0.4 is 21.3 Å². The molecule has 4 rings (SSSR count). The van der Waals surface area contributed by atoms with Crippen molar-refractivity contribution < 1.29 is 19.1 Å². The smallest absolute Gasteiger partial charge is 0.407 e. The summed E-state index contributed by atoms with van der Waals surface area (Å²) in [5.41, 5.74) is 6.59. The molecule has 2 aromatic rings. The molecule has 3 amide bonds. The van der Waals surface area contributed by atoms with Crippen LogP contribution in [0.3, 0.4) is 0 Å². The van der Waals surface area contributed by atoms with Gasteiger partial charge in [-0.05, 0) is 70.6 Å². The van der Waals surface area contributed by atoms with Gasteiger partial charge in [0.2, 0.25) is 0 Å². The Bertz CT molecular complexity index is 1170. The highest BCUT2D eigenvalue weighted by Crippen LogP contribution is 2.26. The lowest BCUT2D eigenvalue weighted by molar-refractivity contribution is 0.0508. The van der Waals surface area contributed by atoms with E-state index in [1.807, 2.05) is 30.6 Å². The number of benzene rings is 1. The molecule has 11 nitrogen and oxygen atoms in total. The molecule has 2 saturated heterocycles. The number of nitrogens with one attached hydrogen (secondary N) is 2. The third-order valence-corrected chi connectivity index (χ3v) is 6.56. The minimum absolute atomic E-state index is 0.00572. The van der Waals surface area contributed by atoms with Gasteiger partial charge in [-0.2, -0.15) is 0 Å². The van der Waals surface area contributed by atoms with Crippen LogP contribution >= 0.6 is 0 Å². The van der Waals surface area contributed by atoms with Crippen molar-refractivity contribution in [1.82, 2.24) is 20.1 Å². The number of amides is 3. The van der Waals surface area contributed by atoms with Gasteiger partial charge in [-0.1, -0.05) is 0 Å². The number of hydrogen-bond acceptors (Lipinski definition) is 8. The number of pyridine rings is 1. The van der Waals surface area contributed by atoms with Gasteiger partial charge in [0.1, 0.15) is 17.2 Å². The molecule has 0 aliphatic carbocycles. The lowest BCUT2D eigenvalue weighted by Crippen LogP contribution is -2.47. The number of nitrogens with two attached hydrogens (primary N) is 1. The summed E-state index contributed by atoms with van der Waals surface area (Å²) in [6, 6.07) is 10.4. The van der Waals surface area contributed by atoms with E-state index in [9.17, 15) is 14.4 Å². The lowest BCUT2D eigenvalue weighted by Gasteiger charge is -2.32. The van der Waals surface area contributed by atoms with E-state index in [-0.39, 0.29) is 17.5 Å². The Morgan fingerprint density at radius 3 is 2.32 bits per heavy atom. The highest BCUT2D eigenvalue weighted by atomic mass is 16.6. The minimum atomic E-state index is -0.598. The van der Waals surface area contributed by atoms with Crippen molar-refractivity contribution in [3.63, 3.8) is 0 Å². The first-order valence-electron chi connectivity index (χ1n) is 12.9. The van der Waals surface area contributed by atoms with Crippen LogP contribution in [0.15, 0.2) is 36.4 Å². The van der Waals surface area contributed by atoms with E-state index >= 15 is 0 Å². The number of rotatable bonds is 6. The lowest BCUT2D eigenvalue weighted by atomic mass is 10.1. The highest BCUT2D eigenvalue weighted by molar-refractivity contribution is 5.99. The molecule has 204 valence electrons. The van der Waals surface area contributed by atoms with E-state index in [4.69, 9.17) is 10.5 Å². The molecule has 0 radical (unpaired) electrons. The van der Waals surface area contributed by atoms with Crippen molar-refractivity contribution in [3.05, 3.63) is 47.5 Å². The van der Waals surface area contributed by atoms with Gasteiger partial charge in [0, 0.05) is 50.5 Å². The molecule has 11 heteroatoms. The van der Waals surface area contributed by atoms with E-state index < -0.39 is 17.6 Å². The number of alkyl carbamates (subject to hydrolysis) is 1. The zero-order chi connectivity index (χ0) is 27.4. The predicted octanol–water partition coefficient (Wildman–Crippen LogP) is 2.42. The Labute approximate surface area is 223 Å². The summed E-state index contributed by atoms with van der Waals surface area (Å²) in [4.78, 5) is 47.9. The third kappa shape index (κ3) is 6.91. The first kappa shape index (κ1) is 27.2. The first-order chi connectivity index (χ1) is 18.0. The average Bonchev–Trinajstić information content (AvgIpc) is 3.31. The number of anilines is 3. The van der Waals surface area contributed by atoms with Gasteiger partial charge in [0.15, 0.2) is 0 Å². The molecule has 0 unspecified atom stereocenters. The summed E-state index contributed by atoms with van der Waals surface area (Å²) in [7, 11) is 2.05. The molecular weight excluding hydrogens is 486 g/mol. The molecule has 3 heterocycles. The summed E-state index contributed by atoms with van der Waals surface area (Å²) in [6.07, 6.45) is 0.294. The quantitative estimate of drug-likeness (QED) is 0.526. The van der Waals surface area contributed by atoms with Crippen LogP contribution in [0.5, 0.6) is 0 Å². The maximum atomic E-state index is 12.8. The van der Waals surface area contributed by atoms with E-state index in [0.717, 1.165) is 19.5 Å². The van der Waals surface area contributed by atoms with Crippen molar-refractivity contribution in [2.45, 2.75) is 38.8 Å². The van der Waals surface area contributed by atoms with E-state index in [2.05, 4.69) is 27.6 Å². The fourth-order valence-corrected chi connectivity index (χ4v) is 4.50. The number of hydrogen-bond donors (Lipinski definition) is 3. The molecule has 0 spiro atoms. The van der Waals surface area contributed by atoms with E-state index in [0.29, 0.717) is 49.1 Å². The zero-order valence-electron chi connectivity index (χ0n) is 22.5. The van der Waals surface area contributed by atoms with E-state index in [1.54, 1.807) is 36.4 Å². The molecule has 2 aliphatic rings. The van der Waals surface area contributed by atoms with Crippen LogP contribution in [-0.2, 0) is 4.74 Å². The second kappa shape index (κ2) is 11.3. The molecular formula is C27H37N7O4. The second-order valence-electron chi connectivity index (χ2n) is 10.8. The van der Waals surface area contributed by atoms with Gasteiger partial charge < -0.3 is 35.8 Å². The SMILES string of the molecule is CN1CCN(C(=O)c2ccc(Nc3nc(N4CC[C@H](NC(=O)OC(C)(C)C)C4)ccc3C(N)=O)cc2)CC1. The Balaban J connectivity index is 1.43. The van der Waals surface area contributed by atoms with Gasteiger partial charge in [-0.25, -0.2) is 9.78 Å². The fraction of sp³-hybridized carbons (Fsp3) is 0.481. The fourth-order valence-electron chi connectivity index (χ4n) is 4.50. The van der Waals surface area contributed by atoms with Crippen molar-refractivity contribution in [2.24, 2.45) is 5.73 Å². The molecule has 0 bridgehead atoms. The largest absolute Gasteiger partial charge is 0.444 e. The number of aromatic nitrogens is 1. The van der Waals surface area contributed by atoms with Crippen LogP contribution in [0.4, 0.5) is 22.1 Å². The Kier molecular flexibility index (Phi) is 8.05. The third-order valence-electron chi connectivity index (χ3n) is 6.56. The number of likely N-dealkylation sites (N-methyl/N-ethyl adjacent to an activating group) is 1. The van der Waals surface area contributed by atoms with Gasteiger partial charge in [-0.15, -0.1) is 0 Å². The summed E-state index contributed by atoms with van der Waals surface area (Å²) >= 11 is 0. The molecule has 38 heavy (non-hydrogen) atoms. The topological polar surface area (TPSA) is 133 Å². The van der Waals surface area contributed by atoms with Gasteiger partial charge in [0.05, 0.1) is 11.6 Å². The van der Waals surface area contributed by atoms with E-state index in [1.165, 1.54) is 0 Å². The summed E-state index contributed by atoms with van der Waals surface area (Å²) in [5, 5.41) is 6.08. The van der Waals surface area contributed by atoms with Crippen molar-refractivity contribution in [3.8, 4) is 0 Å². The average molecular weight is 524 g/mol. The standard InChI is InChI=1S/C27H37N7O4/c1-27(2,3)38-26(37)30-20-11-12-34(17-20)22-10-9-21(23(28)35)24(31-22)29-19-7-5-18(6-8-19)25(36)33-15-13-32(4)14-16-33/h5-10,20H,11-17H2,1-4H3,(H2,28,35)(H,29,31)(H,30,37)/t20-/m0/s1. The molecule has 1 aromatic carbocycles. The normalized spacial score (nSPS) is 18.3. The molecule has 2 aliphatic heterocycles. The Morgan fingerprint density at radius 2 is 1.68 bits per heavy atom. The van der Waals surface area contributed by atoms with Gasteiger partial charge in [0.25, 0.3) is 11.8 Å². The Morgan fingerprint density at radius 1 is 1.00 bits per heavy atom.